The first-order chi connectivity index (χ1) is 9.49. The number of likely N-dealkylation sites (tertiary alicyclic amines) is 1. The normalized spacial score (nSPS) is 26.7. The van der Waals surface area contributed by atoms with Crippen molar-refractivity contribution >= 4 is 17.9 Å². The molecule has 1 aliphatic carbocycles. The maximum absolute atomic E-state index is 12.2. The fraction of sp³-hybridized carbons (Fsp3) is 0.769. The Morgan fingerprint density at radius 3 is 2.60 bits per heavy atom. The van der Waals surface area contributed by atoms with E-state index in [1.807, 2.05) is 0 Å². The molecule has 1 heterocycles. The fourth-order valence-electron chi connectivity index (χ4n) is 3.29. The fourth-order valence-corrected chi connectivity index (χ4v) is 3.29. The minimum absolute atomic E-state index is 0.215. The summed E-state index contributed by atoms with van der Waals surface area (Å²) in [4.78, 5) is 35.8. The summed E-state index contributed by atoms with van der Waals surface area (Å²) >= 11 is 0. The molecule has 3 amide bonds. The third-order valence-electron chi connectivity index (χ3n) is 4.27. The molecule has 1 saturated heterocycles. The van der Waals surface area contributed by atoms with Gasteiger partial charge in [0.1, 0.15) is 6.04 Å². The summed E-state index contributed by atoms with van der Waals surface area (Å²) in [7, 11) is 0. The zero-order chi connectivity index (χ0) is 14.7. The van der Waals surface area contributed by atoms with E-state index in [-0.39, 0.29) is 12.5 Å². The van der Waals surface area contributed by atoms with Crippen molar-refractivity contribution in [3.63, 3.8) is 0 Å². The van der Waals surface area contributed by atoms with Crippen LogP contribution in [0.25, 0.3) is 0 Å². The Bertz CT molecular complexity index is 412. The second kappa shape index (κ2) is 6.11. The van der Waals surface area contributed by atoms with Crippen LogP contribution < -0.4 is 11.1 Å². The van der Waals surface area contributed by atoms with Crippen LogP contribution in [0.2, 0.25) is 0 Å². The van der Waals surface area contributed by atoms with Gasteiger partial charge in [0.25, 0.3) is 0 Å². The zero-order valence-electron chi connectivity index (χ0n) is 11.4. The van der Waals surface area contributed by atoms with Gasteiger partial charge in [0.2, 0.25) is 5.91 Å². The molecule has 1 saturated carbocycles. The van der Waals surface area contributed by atoms with Gasteiger partial charge in [-0.1, -0.05) is 12.8 Å². The summed E-state index contributed by atoms with van der Waals surface area (Å²) in [5.74, 6) is -1.44. The first-order valence-electron chi connectivity index (χ1n) is 7.07. The maximum Gasteiger partial charge on any atom is 0.326 e. The van der Waals surface area contributed by atoms with E-state index >= 15 is 0 Å². The van der Waals surface area contributed by atoms with E-state index in [0.717, 1.165) is 25.7 Å². The van der Waals surface area contributed by atoms with E-state index in [4.69, 9.17) is 10.8 Å². The van der Waals surface area contributed by atoms with Gasteiger partial charge in [-0.2, -0.15) is 0 Å². The molecular formula is C13H21N3O4. The Hall–Kier alpha value is -1.79. The van der Waals surface area contributed by atoms with Gasteiger partial charge in [-0.3, -0.25) is 4.79 Å². The third kappa shape index (κ3) is 3.20. The summed E-state index contributed by atoms with van der Waals surface area (Å²) in [6.07, 6.45) is 5.02. The highest BCUT2D eigenvalue weighted by molar-refractivity contribution is 5.87. The lowest BCUT2D eigenvalue weighted by atomic mass is 9.85. The maximum atomic E-state index is 12.2. The molecular weight excluding hydrogens is 262 g/mol. The number of hydrogen-bond acceptors (Lipinski definition) is 3. The van der Waals surface area contributed by atoms with Crippen LogP contribution in [-0.4, -0.2) is 46.5 Å². The molecule has 2 rings (SSSR count). The Morgan fingerprint density at radius 1 is 1.25 bits per heavy atom. The van der Waals surface area contributed by atoms with Gasteiger partial charge in [0.15, 0.2) is 0 Å². The molecule has 0 aromatic rings. The van der Waals surface area contributed by atoms with E-state index < -0.39 is 23.9 Å². The van der Waals surface area contributed by atoms with Crippen LogP contribution in [0.4, 0.5) is 4.79 Å². The van der Waals surface area contributed by atoms with E-state index in [0.29, 0.717) is 12.5 Å². The molecule has 112 valence electrons. The minimum atomic E-state index is -1.25. The number of nitrogens with zero attached hydrogens (tertiary/aromatic N) is 1. The van der Waals surface area contributed by atoms with Gasteiger partial charge < -0.3 is 21.1 Å². The van der Waals surface area contributed by atoms with Crippen molar-refractivity contribution in [1.29, 1.82) is 0 Å². The Labute approximate surface area is 117 Å². The van der Waals surface area contributed by atoms with E-state index in [2.05, 4.69) is 5.32 Å². The number of hydrogen-bond donors (Lipinski definition) is 3. The zero-order valence-corrected chi connectivity index (χ0v) is 11.4. The Kier molecular flexibility index (Phi) is 4.46. The van der Waals surface area contributed by atoms with Crippen LogP contribution in [-0.2, 0) is 9.59 Å². The van der Waals surface area contributed by atoms with Crippen molar-refractivity contribution in [2.75, 3.05) is 6.54 Å². The van der Waals surface area contributed by atoms with Crippen LogP contribution in [0, 0.1) is 5.92 Å². The molecule has 2 aliphatic rings. The molecule has 3 unspecified atom stereocenters. The molecule has 0 aromatic heterocycles. The quantitative estimate of drug-likeness (QED) is 0.688. The van der Waals surface area contributed by atoms with Crippen molar-refractivity contribution in [1.82, 2.24) is 10.2 Å². The van der Waals surface area contributed by atoms with E-state index in [1.165, 1.54) is 6.42 Å². The number of urea groups is 1. The van der Waals surface area contributed by atoms with Gasteiger partial charge in [-0.05, 0) is 25.2 Å². The second-order valence-corrected chi connectivity index (χ2v) is 5.60. The molecule has 0 aromatic carbocycles. The number of nitrogens with one attached hydrogen (secondary N) is 1. The van der Waals surface area contributed by atoms with Crippen molar-refractivity contribution < 1.29 is 19.5 Å². The molecule has 2 fully saturated rings. The van der Waals surface area contributed by atoms with Crippen molar-refractivity contribution in [2.24, 2.45) is 11.7 Å². The average molecular weight is 283 g/mol. The predicted molar refractivity (Wildman–Crippen MR) is 70.8 cm³/mol. The van der Waals surface area contributed by atoms with E-state index in [1.54, 1.807) is 4.90 Å². The highest BCUT2D eigenvalue weighted by Crippen LogP contribution is 2.36. The molecule has 1 aliphatic heterocycles. The topological polar surface area (TPSA) is 113 Å². The van der Waals surface area contributed by atoms with Gasteiger partial charge in [0, 0.05) is 12.6 Å². The van der Waals surface area contributed by atoms with Crippen LogP contribution in [0.1, 0.15) is 38.5 Å². The third-order valence-corrected chi connectivity index (χ3v) is 4.27. The molecule has 0 spiro atoms. The molecule has 0 radical (unpaired) electrons. The predicted octanol–water partition coefficient (Wildman–Crippen LogP) is 0.289. The number of primary amides is 1. The first-order valence-corrected chi connectivity index (χ1v) is 7.07. The van der Waals surface area contributed by atoms with Crippen LogP contribution in [0.15, 0.2) is 0 Å². The summed E-state index contributed by atoms with van der Waals surface area (Å²) < 4.78 is 0. The van der Waals surface area contributed by atoms with Crippen LogP contribution >= 0.6 is 0 Å². The van der Waals surface area contributed by atoms with Crippen LogP contribution in [0.3, 0.4) is 0 Å². The lowest BCUT2D eigenvalue weighted by Gasteiger charge is -2.32. The molecule has 0 bridgehead atoms. The molecule has 7 nitrogen and oxygen atoms in total. The Balaban J connectivity index is 1.96. The minimum Gasteiger partial charge on any atom is -0.480 e. The number of amides is 3. The van der Waals surface area contributed by atoms with Gasteiger partial charge in [-0.25, -0.2) is 9.59 Å². The molecule has 4 N–H and O–H groups in total. The van der Waals surface area contributed by atoms with E-state index in [9.17, 15) is 14.4 Å². The van der Waals surface area contributed by atoms with Gasteiger partial charge in [0.05, 0.1) is 6.42 Å². The second-order valence-electron chi connectivity index (χ2n) is 5.60. The summed E-state index contributed by atoms with van der Waals surface area (Å²) in [5, 5.41) is 11.4. The Morgan fingerprint density at radius 2 is 1.95 bits per heavy atom. The standard InChI is InChI=1S/C13H21N3O4/c14-11(17)7-9(12(18)19)15-13(20)16-6-5-8-3-1-2-4-10(8)16/h8-10H,1-7H2,(H2,14,17)(H,15,20)(H,18,19). The lowest BCUT2D eigenvalue weighted by Crippen LogP contribution is -2.51. The SMILES string of the molecule is NC(=O)CC(NC(=O)N1CCC2CCCCC21)C(=O)O. The largest absolute Gasteiger partial charge is 0.480 e. The monoisotopic (exact) mass is 283 g/mol. The highest BCUT2D eigenvalue weighted by atomic mass is 16.4. The summed E-state index contributed by atoms with van der Waals surface area (Å²) in [6.45, 7) is 0.657. The van der Waals surface area contributed by atoms with Crippen molar-refractivity contribution in [3.05, 3.63) is 0 Å². The summed E-state index contributed by atoms with van der Waals surface area (Å²) in [5.41, 5.74) is 5.00. The number of aliphatic carboxylic acids is 1. The van der Waals surface area contributed by atoms with Gasteiger partial charge >= 0.3 is 12.0 Å². The lowest BCUT2D eigenvalue weighted by molar-refractivity contribution is -0.141. The molecule has 7 heteroatoms. The molecule has 3 atom stereocenters. The van der Waals surface area contributed by atoms with Crippen molar-refractivity contribution in [2.45, 2.75) is 50.6 Å². The number of carboxylic acid groups (broad SMARTS) is 1. The number of fused-ring (bicyclic) bond motifs is 1. The van der Waals surface area contributed by atoms with Crippen LogP contribution in [0.5, 0.6) is 0 Å². The number of nitrogens with two attached hydrogens (primary N) is 1. The first kappa shape index (κ1) is 14.6. The number of rotatable bonds is 4. The molecule has 20 heavy (non-hydrogen) atoms. The number of carboxylic acids is 1. The number of carbonyl (C=O) groups is 3. The smallest absolute Gasteiger partial charge is 0.326 e. The van der Waals surface area contributed by atoms with Gasteiger partial charge in [-0.15, -0.1) is 0 Å². The van der Waals surface area contributed by atoms with Crippen molar-refractivity contribution in [3.8, 4) is 0 Å². The highest BCUT2D eigenvalue weighted by Gasteiger charge is 2.39. The number of carbonyl (C=O) groups excluding carboxylic acids is 2. The average Bonchev–Trinajstić information content (AvgIpc) is 2.81. The summed E-state index contributed by atoms with van der Waals surface area (Å²) in [6, 6.07) is -1.43.